The van der Waals surface area contributed by atoms with Crippen molar-refractivity contribution in [3.05, 3.63) is 57.5 Å². The Morgan fingerprint density at radius 1 is 1.17 bits per heavy atom. The van der Waals surface area contributed by atoms with Gasteiger partial charge in [0, 0.05) is 29.1 Å². The van der Waals surface area contributed by atoms with Crippen LogP contribution >= 0.6 is 0 Å². The van der Waals surface area contributed by atoms with Gasteiger partial charge in [0.25, 0.3) is 0 Å². The standard InChI is InChI=1S/C19H19NO4/c1-5-8-24-19-11-15(6-7-18(19)23-4)17(22)12-20-13(2)9-16(21)10-14(20)3/h1,6-7,9-11H,8,12H2,2-4H3. The number of hydrogen-bond acceptors (Lipinski definition) is 4. The van der Waals surface area contributed by atoms with Crippen LogP contribution in [0, 0.1) is 26.2 Å². The van der Waals surface area contributed by atoms with Crippen molar-refractivity contribution in [1.29, 1.82) is 0 Å². The molecule has 0 aliphatic carbocycles. The van der Waals surface area contributed by atoms with E-state index in [0.29, 0.717) is 17.1 Å². The van der Waals surface area contributed by atoms with Gasteiger partial charge in [-0.3, -0.25) is 9.59 Å². The first-order valence-electron chi connectivity index (χ1n) is 7.42. The molecule has 1 heterocycles. The van der Waals surface area contributed by atoms with Crippen LogP contribution in [0.1, 0.15) is 21.7 Å². The van der Waals surface area contributed by atoms with Crippen LogP contribution in [-0.2, 0) is 6.54 Å². The lowest BCUT2D eigenvalue weighted by Gasteiger charge is -2.14. The first-order chi connectivity index (χ1) is 11.5. The van der Waals surface area contributed by atoms with Crippen molar-refractivity contribution in [2.24, 2.45) is 0 Å². The van der Waals surface area contributed by atoms with E-state index in [9.17, 15) is 9.59 Å². The number of ketones is 1. The van der Waals surface area contributed by atoms with Gasteiger partial charge in [0.15, 0.2) is 22.7 Å². The second-order valence-corrected chi connectivity index (χ2v) is 5.34. The van der Waals surface area contributed by atoms with E-state index in [4.69, 9.17) is 15.9 Å². The molecule has 0 saturated heterocycles. The Labute approximate surface area is 140 Å². The Bertz CT molecular complexity index is 832. The van der Waals surface area contributed by atoms with Gasteiger partial charge in [-0.1, -0.05) is 5.92 Å². The number of hydrogen-bond donors (Lipinski definition) is 0. The van der Waals surface area contributed by atoms with Crippen molar-refractivity contribution in [1.82, 2.24) is 4.57 Å². The van der Waals surface area contributed by atoms with Crippen LogP contribution in [0.5, 0.6) is 11.5 Å². The molecule has 1 aromatic carbocycles. The fraction of sp³-hybridized carbons (Fsp3) is 0.263. The normalized spacial score (nSPS) is 10.1. The largest absolute Gasteiger partial charge is 0.493 e. The van der Waals surface area contributed by atoms with E-state index in [-0.39, 0.29) is 24.4 Å². The lowest BCUT2D eigenvalue weighted by Crippen LogP contribution is -2.18. The highest BCUT2D eigenvalue weighted by Crippen LogP contribution is 2.28. The van der Waals surface area contributed by atoms with Crippen LogP contribution in [0.2, 0.25) is 0 Å². The highest BCUT2D eigenvalue weighted by molar-refractivity contribution is 5.96. The van der Waals surface area contributed by atoms with E-state index in [2.05, 4.69) is 5.92 Å². The van der Waals surface area contributed by atoms with Crippen molar-refractivity contribution in [3.63, 3.8) is 0 Å². The molecule has 24 heavy (non-hydrogen) atoms. The predicted molar refractivity (Wildman–Crippen MR) is 91.8 cm³/mol. The summed E-state index contributed by atoms with van der Waals surface area (Å²) in [6.45, 7) is 3.83. The number of benzene rings is 1. The predicted octanol–water partition coefficient (Wildman–Crippen LogP) is 2.37. The number of terminal acetylenes is 1. The van der Waals surface area contributed by atoms with Crippen LogP contribution in [0.15, 0.2) is 35.1 Å². The lowest BCUT2D eigenvalue weighted by atomic mass is 10.1. The average Bonchev–Trinajstić information content (AvgIpc) is 2.55. The summed E-state index contributed by atoms with van der Waals surface area (Å²) >= 11 is 0. The van der Waals surface area contributed by atoms with Gasteiger partial charge >= 0.3 is 0 Å². The maximum atomic E-state index is 12.6. The highest BCUT2D eigenvalue weighted by atomic mass is 16.5. The minimum atomic E-state index is -0.0990. The minimum Gasteiger partial charge on any atom is -0.493 e. The third-order valence-electron chi connectivity index (χ3n) is 3.65. The fourth-order valence-corrected chi connectivity index (χ4v) is 2.45. The van der Waals surface area contributed by atoms with Gasteiger partial charge in [-0.15, -0.1) is 6.42 Å². The van der Waals surface area contributed by atoms with Crippen LogP contribution in [0.25, 0.3) is 0 Å². The molecule has 124 valence electrons. The molecular formula is C19H19NO4. The van der Waals surface area contributed by atoms with Gasteiger partial charge in [0.05, 0.1) is 13.7 Å². The Morgan fingerprint density at radius 3 is 2.42 bits per heavy atom. The molecule has 5 nitrogen and oxygen atoms in total. The number of pyridine rings is 1. The van der Waals surface area contributed by atoms with Crippen molar-refractivity contribution >= 4 is 5.78 Å². The average molecular weight is 325 g/mol. The highest BCUT2D eigenvalue weighted by Gasteiger charge is 2.13. The van der Waals surface area contributed by atoms with Gasteiger partial charge < -0.3 is 14.0 Å². The van der Waals surface area contributed by atoms with Crippen LogP contribution in [0.3, 0.4) is 0 Å². The molecule has 0 unspecified atom stereocenters. The zero-order valence-corrected chi connectivity index (χ0v) is 14.0. The van der Waals surface area contributed by atoms with Gasteiger partial charge in [0.2, 0.25) is 0 Å². The molecule has 1 aromatic heterocycles. The Hall–Kier alpha value is -3.00. The number of carbonyl (C=O) groups excluding carboxylic acids is 1. The van der Waals surface area contributed by atoms with E-state index in [0.717, 1.165) is 11.4 Å². The van der Waals surface area contributed by atoms with E-state index in [1.165, 1.54) is 19.2 Å². The summed E-state index contributed by atoms with van der Waals surface area (Å²) in [4.78, 5) is 24.1. The number of nitrogens with zero attached hydrogens (tertiary/aromatic N) is 1. The van der Waals surface area contributed by atoms with Gasteiger partial charge in [-0.2, -0.15) is 0 Å². The first kappa shape index (κ1) is 17.4. The molecular weight excluding hydrogens is 306 g/mol. The van der Waals surface area contributed by atoms with Gasteiger partial charge in [0.1, 0.15) is 6.61 Å². The number of carbonyl (C=O) groups is 1. The van der Waals surface area contributed by atoms with Crippen molar-refractivity contribution in [2.45, 2.75) is 20.4 Å². The third kappa shape index (κ3) is 3.85. The number of Topliss-reactive ketones (excluding diaryl/α,β-unsaturated/α-hetero) is 1. The first-order valence-corrected chi connectivity index (χ1v) is 7.42. The Kier molecular flexibility index (Phi) is 5.43. The number of rotatable bonds is 6. The smallest absolute Gasteiger partial charge is 0.182 e. The molecule has 0 N–H and O–H groups in total. The SMILES string of the molecule is C#CCOc1cc(C(=O)Cn2c(C)cc(=O)cc2C)ccc1OC. The Balaban J connectivity index is 2.30. The number of methoxy groups -OCH3 is 1. The Morgan fingerprint density at radius 2 is 1.83 bits per heavy atom. The van der Waals surface area contributed by atoms with Crippen LogP contribution in [-0.4, -0.2) is 24.1 Å². The molecule has 0 aliphatic rings. The van der Waals surface area contributed by atoms with E-state index in [1.807, 2.05) is 0 Å². The minimum absolute atomic E-state index is 0.0666. The molecule has 0 fully saturated rings. The monoisotopic (exact) mass is 325 g/mol. The molecule has 0 radical (unpaired) electrons. The van der Waals surface area contributed by atoms with Crippen LogP contribution < -0.4 is 14.9 Å². The summed E-state index contributed by atoms with van der Waals surface area (Å²) in [6, 6.07) is 7.98. The second-order valence-electron chi connectivity index (χ2n) is 5.34. The molecule has 0 aliphatic heterocycles. The number of ether oxygens (including phenoxy) is 2. The zero-order valence-electron chi connectivity index (χ0n) is 14.0. The maximum Gasteiger partial charge on any atom is 0.182 e. The third-order valence-corrected chi connectivity index (χ3v) is 3.65. The molecule has 0 bridgehead atoms. The summed E-state index contributed by atoms with van der Waals surface area (Å²) in [5.41, 5.74) is 1.90. The summed E-state index contributed by atoms with van der Waals surface area (Å²) in [5.74, 6) is 3.22. The summed E-state index contributed by atoms with van der Waals surface area (Å²) < 4.78 is 12.4. The number of aryl methyl sites for hydroxylation is 2. The zero-order chi connectivity index (χ0) is 17.7. The molecule has 2 rings (SSSR count). The summed E-state index contributed by atoms with van der Waals surface area (Å²) in [5, 5.41) is 0. The quantitative estimate of drug-likeness (QED) is 0.604. The van der Waals surface area contributed by atoms with E-state index in [1.54, 1.807) is 36.6 Å². The van der Waals surface area contributed by atoms with E-state index >= 15 is 0 Å². The summed E-state index contributed by atoms with van der Waals surface area (Å²) in [6.07, 6.45) is 5.20. The maximum absolute atomic E-state index is 12.6. The fourth-order valence-electron chi connectivity index (χ4n) is 2.45. The molecule has 5 heteroatoms. The van der Waals surface area contributed by atoms with Gasteiger partial charge in [-0.05, 0) is 32.0 Å². The van der Waals surface area contributed by atoms with Crippen molar-refractivity contribution in [2.75, 3.05) is 13.7 Å². The van der Waals surface area contributed by atoms with E-state index < -0.39 is 0 Å². The number of aromatic nitrogens is 1. The molecule has 0 spiro atoms. The van der Waals surface area contributed by atoms with Gasteiger partial charge in [-0.25, -0.2) is 0 Å². The molecule has 0 amide bonds. The molecule has 0 atom stereocenters. The van der Waals surface area contributed by atoms with Crippen LogP contribution in [0.4, 0.5) is 0 Å². The van der Waals surface area contributed by atoms with Crippen molar-refractivity contribution in [3.8, 4) is 23.8 Å². The summed E-state index contributed by atoms with van der Waals surface area (Å²) in [7, 11) is 1.52. The topological polar surface area (TPSA) is 57.5 Å². The molecule has 2 aromatic rings. The van der Waals surface area contributed by atoms with Crippen molar-refractivity contribution < 1.29 is 14.3 Å². The lowest BCUT2D eigenvalue weighted by molar-refractivity contribution is 0.0970. The second kappa shape index (κ2) is 7.51. The molecule has 0 saturated carbocycles.